The van der Waals surface area contributed by atoms with E-state index in [0.717, 1.165) is 32.1 Å². The van der Waals surface area contributed by atoms with Gasteiger partial charge in [0.2, 0.25) is 0 Å². The van der Waals surface area contributed by atoms with Crippen LogP contribution in [0.15, 0.2) is 12.2 Å². The topological polar surface area (TPSA) is 46.5 Å². The molecule has 0 saturated heterocycles. The Bertz CT molecular complexity index is 367. The van der Waals surface area contributed by atoms with Gasteiger partial charge in [-0.25, -0.2) is 0 Å². The normalized spacial score (nSPS) is 26.6. The van der Waals surface area contributed by atoms with Gasteiger partial charge in [0.05, 0.1) is 12.0 Å². The fourth-order valence-electron chi connectivity index (χ4n) is 3.62. The van der Waals surface area contributed by atoms with Crippen molar-refractivity contribution in [1.82, 2.24) is 0 Å². The summed E-state index contributed by atoms with van der Waals surface area (Å²) in [5.74, 6) is -0.379. The minimum atomic E-state index is -0.663. The average Bonchev–Trinajstić information content (AvgIpc) is 2.39. The smallest absolute Gasteiger partial charge is 0.307 e. The number of hydrogen-bond acceptors (Lipinski definition) is 2. The second kappa shape index (κ2) is 8.29. The van der Waals surface area contributed by atoms with Crippen molar-refractivity contribution in [3.05, 3.63) is 12.2 Å². The van der Waals surface area contributed by atoms with Crippen molar-refractivity contribution >= 4 is 15.4 Å². The van der Waals surface area contributed by atoms with E-state index in [4.69, 9.17) is 4.52 Å². The molecule has 0 aromatic carbocycles. The first-order chi connectivity index (χ1) is 9.81. The predicted octanol–water partition coefficient (Wildman–Crippen LogP) is 4.68. The number of carboxylic acids is 1. The van der Waals surface area contributed by atoms with Gasteiger partial charge >= 0.3 is 5.97 Å². The minimum absolute atomic E-state index is 0.150. The molecule has 1 N–H and O–H groups in total. The van der Waals surface area contributed by atoms with Gasteiger partial charge in [0.25, 0.3) is 0 Å². The van der Waals surface area contributed by atoms with E-state index in [1.165, 1.54) is 0 Å². The molecule has 21 heavy (non-hydrogen) atoms. The third-order valence-electron chi connectivity index (χ3n) is 4.96. The van der Waals surface area contributed by atoms with Gasteiger partial charge in [0.15, 0.2) is 0 Å². The molecule has 5 atom stereocenters. The van der Waals surface area contributed by atoms with Gasteiger partial charge in [0.1, 0.15) is 0 Å². The highest BCUT2D eigenvalue weighted by Gasteiger charge is 2.41. The highest BCUT2D eigenvalue weighted by Crippen LogP contribution is 2.43. The zero-order valence-corrected chi connectivity index (χ0v) is 15.0. The first-order valence-corrected chi connectivity index (χ1v) is 8.55. The lowest BCUT2D eigenvalue weighted by molar-refractivity contribution is -0.148. The van der Waals surface area contributed by atoms with Crippen molar-refractivity contribution < 1.29 is 14.4 Å². The molecule has 3 nitrogen and oxygen atoms in total. The van der Waals surface area contributed by atoms with Crippen LogP contribution >= 0.6 is 9.47 Å². The van der Waals surface area contributed by atoms with Crippen molar-refractivity contribution in [2.45, 2.75) is 65.9 Å². The van der Waals surface area contributed by atoms with Gasteiger partial charge < -0.3 is 9.63 Å². The first kappa shape index (κ1) is 18.6. The number of carboxylic acid groups (broad SMARTS) is 1. The molecule has 3 unspecified atom stereocenters. The number of carbonyl (C=O) groups is 1. The van der Waals surface area contributed by atoms with E-state index < -0.39 is 5.97 Å². The van der Waals surface area contributed by atoms with Crippen LogP contribution in [0.3, 0.4) is 0 Å². The van der Waals surface area contributed by atoms with Crippen molar-refractivity contribution in [3.63, 3.8) is 0 Å². The van der Waals surface area contributed by atoms with Crippen LogP contribution in [0.5, 0.6) is 0 Å². The van der Waals surface area contributed by atoms with Gasteiger partial charge in [-0.05, 0) is 49.4 Å². The van der Waals surface area contributed by atoms with Crippen LogP contribution in [0.4, 0.5) is 0 Å². The van der Waals surface area contributed by atoms with Crippen LogP contribution in [0, 0.1) is 23.2 Å². The summed E-state index contributed by atoms with van der Waals surface area (Å²) in [6, 6.07) is 0. The standard InChI is InChI=1S/C17H31O3P/c1-12(2)14(20-21)9-8-13(3)15(16(18)19)17(4)10-6-5-7-11-17/h6,10,12-15H,5,7-9,11,21H2,1-4H3,(H,18,19)/t13-,14?,15?,17-/m1/s1. The van der Waals surface area contributed by atoms with E-state index in [-0.39, 0.29) is 23.4 Å². The molecule has 1 aliphatic rings. The molecule has 0 saturated carbocycles. The van der Waals surface area contributed by atoms with Gasteiger partial charge in [-0.2, -0.15) is 0 Å². The lowest BCUT2D eigenvalue weighted by Gasteiger charge is -2.38. The third kappa shape index (κ3) is 5.07. The Hall–Kier alpha value is -0.400. The fourth-order valence-corrected chi connectivity index (χ4v) is 4.07. The molecule has 0 radical (unpaired) electrons. The largest absolute Gasteiger partial charge is 0.481 e. The van der Waals surface area contributed by atoms with E-state index in [0.29, 0.717) is 5.92 Å². The molecule has 0 aromatic heterocycles. The van der Waals surface area contributed by atoms with E-state index >= 15 is 0 Å². The van der Waals surface area contributed by atoms with Crippen LogP contribution in [0.2, 0.25) is 0 Å². The van der Waals surface area contributed by atoms with E-state index in [2.05, 4.69) is 49.3 Å². The fraction of sp³-hybridized carbons (Fsp3) is 0.824. The Balaban J connectivity index is 2.74. The lowest BCUT2D eigenvalue weighted by atomic mass is 9.65. The summed E-state index contributed by atoms with van der Waals surface area (Å²) in [5.41, 5.74) is -0.210. The lowest BCUT2D eigenvalue weighted by Crippen LogP contribution is -2.38. The molecule has 0 aliphatic heterocycles. The van der Waals surface area contributed by atoms with Crippen LogP contribution < -0.4 is 0 Å². The van der Waals surface area contributed by atoms with Crippen molar-refractivity contribution in [3.8, 4) is 0 Å². The van der Waals surface area contributed by atoms with Crippen LogP contribution in [-0.4, -0.2) is 17.2 Å². The Kier molecular flexibility index (Phi) is 7.36. The van der Waals surface area contributed by atoms with Gasteiger partial charge in [0, 0.05) is 9.47 Å². The van der Waals surface area contributed by atoms with Crippen molar-refractivity contribution in [1.29, 1.82) is 0 Å². The summed E-state index contributed by atoms with van der Waals surface area (Å²) in [5, 5.41) is 9.72. The molecular weight excluding hydrogens is 283 g/mol. The summed E-state index contributed by atoms with van der Waals surface area (Å²) in [6.45, 7) is 8.45. The number of aliphatic carboxylic acids is 1. The predicted molar refractivity (Wildman–Crippen MR) is 90.0 cm³/mol. The maximum atomic E-state index is 11.8. The summed E-state index contributed by atoms with van der Waals surface area (Å²) < 4.78 is 5.43. The maximum absolute atomic E-state index is 11.8. The number of hydrogen-bond donors (Lipinski definition) is 1. The number of rotatable bonds is 8. The molecular formula is C17H31O3P. The van der Waals surface area contributed by atoms with Gasteiger partial charge in [-0.3, -0.25) is 4.79 Å². The second-order valence-corrected chi connectivity index (χ2v) is 7.36. The Morgan fingerprint density at radius 3 is 2.48 bits per heavy atom. The SMILES string of the molecule is CC(C)C(CC[C@@H](C)C(C(=O)O)[C@]1(C)C=CCCC1)OP. The van der Waals surface area contributed by atoms with E-state index in [1.807, 2.05) is 0 Å². The number of allylic oxidation sites excluding steroid dienone is 2. The molecule has 0 fully saturated rings. The quantitative estimate of drug-likeness (QED) is 0.522. The summed E-state index contributed by atoms with van der Waals surface area (Å²) in [6.07, 6.45) is 9.40. The Labute approximate surface area is 131 Å². The molecule has 122 valence electrons. The van der Waals surface area contributed by atoms with Crippen LogP contribution in [0.1, 0.15) is 59.8 Å². The zero-order chi connectivity index (χ0) is 16.0. The zero-order valence-electron chi connectivity index (χ0n) is 13.8. The van der Waals surface area contributed by atoms with Crippen molar-refractivity contribution in [2.24, 2.45) is 23.2 Å². The van der Waals surface area contributed by atoms with E-state index in [1.54, 1.807) is 0 Å². The molecule has 0 amide bonds. The second-order valence-electron chi connectivity index (χ2n) is 7.09. The first-order valence-electron chi connectivity index (χ1n) is 8.08. The average molecular weight is 314 g/mol. The molecule has 0 bridgehead atoms. The summed E-state index contributed by atoms with van der Waals surface area (Å²) in [7, 11) is 2.34. The van der Waals surface area contributed by atoms with Gasteiger partial charge in [-0.15, -0.1) is 0 Å². The van der Waals surface area contributed by atoms with Crippen molar-refractivity contribution in [2.75, 3.05) is 0 Å². The molecule has 0 aromatic rings. The van der Waals surface area contributed by atoms with Gasteiger partial charge in [-0.1, -0.05) is 39.8 Å². The molecule has 4 heteroatoms. The molecule has 0 heterocycles. The maximum Gasteiger partial charge on any atom is 0.307 e. The van der Waals surface area contributed by atoms with Crippen LogP contribution in [-0.2, 0) is 9.32 Å². The highest BCUT2D eigenvalue weighted by atomic mass is 31.0. The highest BCUT2D eigenvalue weighted by molar-refractivity contribution is 7.09. The third-order valence-corrected chi connectivity index (χ3v) is 5.30. The molecule has 1 rings (SSSR count). The van der Waals surface area contributed by atoms with Crippen LogP contribution in [0.25, 0.3) is 0 Å². The summed E-state index contributed by atoms with van der Waals surface area (Å²) in [4.78, 5) is 11.8. The summed E-state index contributed by atoms with van der Waals surface area (Å²) >= 11 is 0. The molecule has 0 spiro atoms. The Morgan fingerprint density at radius 2 is 2.05 bits per heavy atom. The molecule has 1 aliphatic carbocycles. The van der Waals surface area contributed by atoms with E-state index in [9.17, 15) is 9.90 Å². The monoisotopic (exact) mass is 314 g/mol. The Morgan fingerprint density at radius 1 is 1.38 bits per heavy atom. The minimum Gasteiger partial charge on any atom is -0.481 e.